The van der Waals surface area contributed by atoms with Crippen molar-refractivity contribution >= 4 is 10.0 Å². The van der Waals surface area contributed by atoms with Gasteiger partial charge in [-0.1, -0.05) is 36.3 Å². The Kier molecular flexibility index (Phi) is 5.21. The fraction of sp³-hybridized carbons (Fsp3) is 0.105. The minimum Gasteiger partial charge on any atom is -0.225 e. The molecule has 3 aromatic rings. The molecule has 0 bridgehead atoms. The van der Waals surface area contributed by atoms with Gasteiger partial charge in [0.15, 0.2) is 5.69 Å². The van der Waals surface area contributed by atoms with Crippen LogP contribution >= 0.6 is 0 Å². The van der Waals surface area contributed by atoms with Crippen molar-refractivity contribution in [1.29, 1.82) is 0 Å². The van der Waals surface area contributed by atoms with Crippen LogP contribution in [-0.2, 0) is 16.2 Å². The molecule has 2 aromatic carbocycles. The number of halogens is 4. The van der Waals surface area contributed by atoms with Gasteiger partial charge in [0.2, 0.25) is 10.0 Å². The number of hydrogen-bond donors (Lipinski definition) is 1. The molecule has 5 nitrogen and oxygen atoms in total. The number of sulfonamides is 1. The number of rotatable bonds is 3. The van der Waals surface area contributed by atoms with Crippen LogP contribution in [0.15, 0.2) is 53.4 Å². The van der Waals surface area contributed by atoms with Crippen molar-refractivity contribution in [2.75, 3.05) is 0 Å². The highest BCUT2D eigenvalue weighted by Crippen LogP contribution is 2.43. The number of aromatic nitrogens is 2. The third kappa shape index (κ3) is 4.01. The molecular formula is C19H13F4N3O2S. The number of nitrogens with zero attached hydrogens (tertiary/aromatic N) is 2. The monoisotopic (exact) mass is 423 g/mol. The first-order valence-corrected chi connectivity index (χ1v) is 9.59. The van der Waals surface area contributed by atoms with E-state index in [1.807, 2.05) is 0 Å². The first-order chi connectivity index (χ1) is 13.5. The largest absolute Gasteiger partial charge is 0.434 e. The van der Waals surface area contributed by atoms with Crippen LogP contribution in [-0.4, -0.2) is 18.2 Å². The minimum atomic E-state index is -4.88. The normalized spacial score (nSPS) is 11.8. The molecule has 0 saturated heterocycles. The maximum Gasteiger partial charge on any atom is 0.434 e. The molecule has 29 heavy (non-hydrogen) atoms. The molecule has 0 fully saturated rings. The van der Waals surface area contributed by atoms with Crippen molar-refractivity contribution in [3.63, 3.8) is 0 Å². The quantitative estimate of drug-likeness (QED) is 0.514. The van der Waals surface area contributed by atoms with Crippen LogP contribution in [0.1, 0.15) is 12.6 Å². The van der Waals surface area contributed by atoms with Crippen LogP contribution in [0, 0.1) is 17.8 Å². The van der Waals surface area contributed by atoms with E-state index < -0.39 is 38.2 Å². The Bertz CT molecular complexity index is 1240. The number of alkyl halides is 3. The van der Waals surface area contributed by atoms with Gasteiger partial charge in [0.25, 0.3) is 0 Å². The zero-order valence-electron chi connectivity index (χ0n) is 14.8. The molecule has 0 unspecified atom stereocenters. The highest BCUT2D eigenvalue weighted by molar-refractivity contribution is 7.89. The van der Waals surface area contributed by atoms with Crippen LogP contribution in [0.25, 0.3) is 22.4 Å². The molecule has 0 aliphatic heterocycles. The summed E-state index contributed by atoms with van der Waals surface area (Å²) < 4.78 is 79.5. The van der Waals surface area contributed by atoms with Gasteiger partial charge in [0.1, 0.15) is 11.5 Å². The van der Waals surface area contributed by atoms with Crippen LogP contribution in [0.4, 0.5) is 17.6 Å². The summed E-state index contributed by atoms with van der Waals surface area (Å²) >= 11 is 0. The first kappa shape index (κ1) is 20.6. The number of nitrogens with two attached hydrogens (primary N) is 1. The predicted octanol–water partition coefficient (Wildman–Crippen LogP) is 3.85. The van der Waals surface area contributed by atoms with Gasteiger partial charge in [0.05, 0.1) is 4.90 Å². The van der Waals surface area contributed by atoms with Crippen molar-refractivity contribution in [3.8, 4) is 34.3 Å². The van der Waals surface area contributed by atoms with Gasteiger partial charge >= 0.3 is 6.18 Å². The lowest BCUT2D eigenvalue weighted by atomic mass is 9.98. The van der Waals surface area contributed by atoms with Crippen molar-refractivity contribution < 1.29 is 26.0 Å². The van der Waals surface area contributed by atoms with E-state index >= 15 is 0 Å². The predicted molar refractivity (Wildman–Crippen MR) is 98.3 cm³/mol. The molecule has 3 rings (SSSR count). The molecule has 0 spiro atoms. The molecule has 0 saturated carbocycles. The van der Waals surface area contributed by atoms with Crippen molar-refractivity contribution in [2.45, 2.75) is 18.0 Å². The standard InChI is InChI=1S/C19H13F4N3O2S/c1-2-11-26-18(19(21,22)23)16(12-7-9-13(20)10-8-12)17(25-26)14-5-3-4-6-15(14)29(24,27)28/h3-10H,1H3,(H2,24,27,28). The van der Waals surface area contributed by atoms with E-state index in [4.69, 9.17) is 5.14 Å². The smallest absolute Gasteiger partial charge is 0.225 e. The Morgan fingerprint density at radius 2 is 1.69 bits per heavy atom. The second-order valence-electron chi connectivity index (χ2n) is 5.89. The highest BCUT2D eigenvalue weighted by Gasteiger charge is 2.41. The zero-order chi connectivity index (χ0) is 21.4. The molecule has 0 radical (unpaired) electrons. The van der Waals surface area contributed by atoms with Gasteiger partial charge < -0.3 is 0 Å². The molecule has 10 heteroatoms. The third-order valence-corrected chi connectivity index (χ3v) is 4.92. The lowest BCUT2D eigenvalue weighted by Crippen LogP contribution is -2.13. The maximum absolute atomic E-state index is 13.9. The molecular weight excluding hydrogens is 410 g/mol. The summed E-state index contributed by atoms with van der Waals surface area (Å²) in [5.41, 5.74) is -2.08. The van der Waals surface area contributed by atoms with E-state index in [0.29, 0.717) is 4.68 Å². The average molecular weight is 423 g/mol. The van der Waals surface area contributed by atoms with E-state index in [2.05, 4.69) is 17.1 Å². The summed E-state index contributed by atoms with van der Waals surface area (Å²) in [5, 5.41) is 9.15. The fourth-order valence-corrected chi connectivity index (χ4v) is 3.60. The van der Waals surface area contributed by atoms with Crippen LogP contribution < -0.4 is 5.14 Å². The van der Waals surface area contributed by atoms with Gasteiger partial charge in [-0.2, -0.15) is 23.0 Å². The lowest BCUT2D eigenvalue weighted by molar-refractivity contribution is -0.142. The van der Waals surface area contributed by atoms with Crippen LogP contribution in [0.5, 0.6) is 0 Å². The number of benzene rings is 2. The molecule has 1 heterocycles. The van der Waals surface area contributed by atoms with E-state index in [9.17, 15) is 26.0 Å². The molecule has 2 N–H and O–H groups in total. The third-order valence-electron chi connectivity index (χ3n) is 3.95. The molecule has 0 amide bonds. The summed E-state index contributed by atoms with van der Waals surface area (Å²) in [5.74, 6) is 1.70. The van der Waals surface area contributed by atoms with Gasteiger partial charge in [-0.05, 0) is 30.7 Å². The second kappa shape index (κ2) is 7.35. The minimum absolute atomic E-state index is 0.0119. The Morgan fingerprint density at radius 3 is 2.24 bits per heavy atom. The summed E-state index contributed by atoms with van der Waals surface area (Å²) in [7, 11) is -4.27. The molecule has 150 valence electrons. The van der Waals surface area contributed by atoms with Crippen molar-refractivity contribution in [3.05, 3.63) is 60.0 Å². The topological polar surface area (TPSA) is 78.0 Å². The Balaban J connectivity index is 2.49. The maximum atomic E-state index is 13.9. The Labute approximate surface area is 163 Å². The summed E-state index contributed by atoms with van der Waals surface area (Å²) in [6.07, 6.45) is -4.88. The molecule has 0 aliphatic carbocycles. The highest BCUT2D eigenvalue weighted by atomic mass is 32.2. The number of hydrogen-bond acceptors (Lipinski definition) is 3. The van der Waals surface area contributed by atoms with Gasteiger partial charge in [-0.25, -0.2) is 17.9 Å². The molecule has 0 aliphatic rings. The van der Waals surface area contributed by atoms with E-state index in [1.54, 1.807) is 0 Å². The van der Waals surface area contributed by atoms with Crippen LogP contribution in [0.3, 0.4) is 0 Å². The summed E-state index contributed by atoms with van der Waals surface area (Å²) in [6.45, 7) is 1.33. The second-order valence-corrected chi connectivity index (χ2v) is 7.42. The first-order valence-electron chi connectivity index (χ1n) is 8.05. The van der Waals surface area contributed by atoms with Crippen molar-refractivity contribution in [1.82, 2.24) is 9.78 Å². The van der Waals surface area contributed by atoms with Gasteiger partial charge in [-0.15, -0.1) is 0 Å². The molecule has 1 aromatic heterocycles. The van der Waals surface area contributed by atoms with E-state index in [0.717, 1.165) is 30.3 Å². The fourth-order valence-electron chi connectivity index (χ4n) is 2.86. The van der Waals surface area contributed by atoms with Gasteiger partial charge in [-0.3, -0.25) is 0 Å². The Hall–Kier alpha value is -3.16. The summed E-state index contributed by atoms with van der Waals surface area (Å²) in [6, 6.07) is 11.8. The average Bonchev–Trinajstić information content (AvgIpc) is 3.01. The summed E-state index contributed by atoms with van der Waals surface area (Å²) in [4.78, 5) is -0.397. The van der Waals surface area contributed by atoms with E-state index in [-0.39, 0.29) is 16.8 Å². The SMILES string of the molecule is CC#Cn1nc(-c2ccccc2S(N)(=O)=O)c(-c2ccc(F)cc2)c1C(F)(F)F. The van der Waals surface area contributed by atoms with Crippen LogP contribution in [0.2, 0.25) is 0 Å². The Morgan fingerprint density at radius 1 is 1.07 bits per heavy atom. The van der Waals surface area contributed by atoms with E-state index in [1.165, 1.54) is 25.1 Å². The lowest BCUT2D eigenvalue weighted by Gasteiger charge is -2.11. The zero-order valence-corrected chi connectivity index (χ0v) is 15.6. The van der Waals surface area contributed by atoms with Gasteiger partial charge in [0, 0.05) is 17.2 Å². The number of primary sulfonamides is 1. The van der Waals surface area contributed by atoms with Crippen molar-refractivity contribution in [2.24, 2.45) is 5.14 Å². The molecule has 0 atom stereocenters.